The van der Waals surface area contributed by atoms with Crippen molar-refractivity contribution in [1.82, 2.24) is 9.97 Å². The highest BCUT2D eigenvalue weighted by Crippen LogP contribution is 2.27. The van der Waals surface area contributed by atoms with Crippen molar-refractivity contribution in [1.29, 1.82) is 0 Å². The highest BCUT2D eigenvalue weighted by atomic mass is 16.6. The molecule has 0 radical (unpaired) electrons. The molecule has 0 saturated carbocycles. The van der Waals surface area contributed by atoms with Crippen molar-refractivity contribution in [2.45, 2.75) is 52.7 Å². The molecule has 0 aliphatic heterocycles. The Kier molecular flexibility index (Phi) is 6.06. The van der Waals surface area contributed by atoms with Crippen LogP contribution in [-0.4, -0.2) is 39.4 Å². The Morgan fingerprint density at radius 1 is 0.931 bits per heavy atom. The Hall–Kier alpha value is -3.29. The predicted molar refractivity (Wildman–Crippen MR) is 108 cm³/mol. The van der Waals surface area contributed by atoms with E-state index in [1.54, 1.807) is 53.7 Å². The molecule has 0 bridgehead atoms. The largest absolute Gasteiger partial charge is 0.456 e. The van der Waals surface area contributed by atoms with E-state index in [4.69, 9.17) is 15.2 Å². The van der Waals surface area contributed by atoms with Gasteiger partial charge in [0.2, 0.25) is 0 Å². The molecule has 0 saturated heterocycles. The molecule has 8 heteroatoms. The van der Waals surface area contributed by atoms with Crippen molar-refractivity contribution >= 4 is 24.0 Å². The van der Waals surface area contributed by atoms with Crippen LogP contribution in [0.3, 0.4) is 0 Å². The summed E-state index contributed by atoms with van der Waals surface area (Å²) >= 11 is 0. The van der Waals surface area contributed by atoms with E-state index in [2.05, 4.69) is 9.97 Å². The van der Waals surface area contributed by atoms with Crippen LogP contribution in [0.4, 0.5) is 5.82 Å². The first kappa shape index (κ1) is 22.0. The molecule has 0 fully saturated rings. The van der Waals surface area contributed by atoms with Gasteiger partial charge in [-0.3, -0.25) is 4.79 Å². The second kappa shape index (κ2) is 7.98. The van der Waals surface area contributed by atoms with E-state index >= 15 is 0 Å². The van der Waals surface area contributed by atoms with Crippen molar-refractivity contribution < 1.29 is 23.9 Å². The number of pyridine rings is 2. The molecule has 8 nitrogen and oxygen atoms in total. The summed E-state index contributed by atoms with van der Waals surface area (Å²) in [6.45, 7) is 10.2. The smallest absolute Gasteiger partial charge is 0.343 e. The Bertz CT molecular complexity index is 956. The van der Waals surface area contributed by atoms with Crippen LogP contribution in [0.25, 0.3) is 11.4 Å². The highest BCUT2D eigenvalue weighted by Gasteiger charge is 2.30. The topological polar surface area (TPSA) is 121 Å². The summed E-state index contributed by atoms with van der Waals surface area (Å²) in [5, 5.41) is 0. The van der Waals surface area contributed by atoms with Gasteiger partial charge in [-0.2, -0.15) is 0 Å². The zero-order valence-electron chi connectivity index (χ0n) is 17.4. The third-order valence-electron chi connectivity index (χ3n) is 3.42. The van der Waals surface area contributed by atoms with Gasteiger partial charge in [-0.25, -0.2) is 19.6 Å². The number of carbonyl (C=O) groups is 3. The fourth-order valence-electron chi connectivity index (χ4n) is 2.39. The van der Waals surface area contributed by atoms with Gasteiger partial charge < -0.3 is 15.2 Å². The number of nitrogens with zero attached hydrogens (tertiary/aromatic N) is 2. The van der Waals surface area contributed by atoms with Gasteiger partial charge in [0.25, 0.3) is 0 Å². The molecule has 0 amide bonds. The molecule has 0 atom stereocenters. The monoisotopic (exact) mass is 399 g/mol. The Labute approximate surface area is 169 Å². The van der Waals surface area contributed by atoms with Crippen LogP contribution in [-0.2, 0) is 9.47 Å². The first-order valence-electron chi connectivity index (χ1n) is 9.00. The van der Waals surface area contributed by atoms with Gasteiger partial charge in [-0.15, -0.1) is 0 Å². The van der Waals surface area contributed by atoms with E-state index in [0.717, 1.165) is 0 Å². The zero-order chi connectivity index (χ0) is 22.0. The molecule has 0 unspecified atom stereocenters. The second-order valence-electron chi connectivity index (χ2n) is 8.38. The van der Waals surface area contributed by atoms with Crippen LogP contribution in [0.15, 0.2) is 24.3 Å². The number of esters is 2. The number of aromatic nitrogens is 2. The Balaban J connectivity index is 2.65. The lowest BCUT2D eigenvalue weighted by molar-refractivity contribution is 0.00192. The molecule has 2 heterocycles. The molecule has 0 aliphatic rings. The van der Waals surface area contributed by atoms with E-state index in [9.17, 15) is 14.4 Å². The lowest BCUT2D eigenvalue weighted by Gasteiger charge is -2.23. The number of rotatable bonds is 4. The lowest BCUT2D eigenvalue weighted by atomic mass is 10.0. The Morgan fingerprint density at radius 3 is 2.07 bits per heavy atom. The standard InChI is InChI=1S/C21H25N3O5/c1-20(2,3)28-18(26)13-10-15(14-9-7-8-12(11-25)23-14)24-17(22)16(13)19(27)29-21(4,5)6/h7-11H,1-6H3,(H2,22,24). The maximum atomic E-state index is 12.8. The number of anilines is 1. The van der Waals surface area contributed by atoms with Crippen molar-refractivity contribution in [3.63, 3.8) is 0 Å². The van der Waals surface area contributed by atoms with Crippen LogP contribution in [0.1, 0.15) is 72.7 Å². The van der Waals surface area contributed by atoms with E-state index < -0.39 is 23.1 Å². The summed E-state index contributed by atoms with van der Waals surface area (Å²) in [6, 6.07) is 6.13. The number of hydrogen-bond acceptors (Lipinski definition) is 8. The van der Waals surface area contributed by atoms with Crippen molar-refractivity contribution in [3.8, 4) is 11.4 Å². The summed E-state index contributed by atoms with van der Waals surface area (Å²) in [5.74, 6) is -1.74. The quantitative estimate of drug-likeness (QED) is 0.613. The molecule has 2 aromatic heterocycles. The first-order chi connectivity index (χ1) is 13.3. The average Bonchev–Trinajstić information content (AvgIpc) is 2.57. The minimum atomic E-state index is -0.798. The molecule has 2 aromatic rings. The minimum absolute atomic E-state index is 0.0880. The van der Waals surface area contributed by atoms with Gasteiger partial charge in [0.15, 0.2) is 6.29 Å². The van der Waals surface area contributed by atoms with Gasteiger partial charge in [-0.1, -0.05) is 6.07 Å². The molecule has 0 spiro atoms. The summed E-state index contributed by atoms with van der Waals surface area (Å²) in [5.41, 5.74) is 4.91. The average molecular weight is 399 g/mol. The Morgan fingerprint density at radius 2 is 1.52 bits per heavy atom. The fourth-order valence-corrected chi connectivity index (χ4v) is 2.39. The minimum Gasteiger partial charge on any atom is -0.456 e. The normalized spacial score (nSPS) is 11.7. The summed E-state index contributed by atoms with van der Waals surface area (Å²) in [4.78, 5) is 44.9. The third-order valence-corrected chi connectivity index (χ3v) is 3.42. The van der Waals surface area contributed by atoms with E-state index in [0.29, 0.717) is 12.0 Å². The van der Waals surface area contributed by atoms with Gasteiger partial charge in [0.05, 0.1) is 17.0 Å². The van der Waals surface area contributed by atoms with Crippen molar-refractivity contribution in [3.05, 3.63) is 41.1 Å². The van der Waals surface area contributed by atoms with Crippen LogP contribution in [0.2, 0.25) is 0 Å². The molecular weight excluding hydrogens is 374 g/mol. The molecule has 0 aromatic carbocycles. The summed E-state index contributed by atoms with van der Waals surface area (Å²) < 4.78 is 10.8. The molecule has 2 N–H and O–H groups in total. The summed E-state index contributed by atoms with van der Waals surface area (Å²) in [7, 11) is 0. The molecule has 0 aliphatic carbocycles. The highest BCUT2D eigenvalue weighted by molar-refractivity contribution is 6.07. The second-order valence-corrected chi connectivity index (χ2v) is 8.38. The number of aldehydes is 1. The van der Waals surface area contributed by atoms with Gasteiger partial charge in [-0.05, 0) is 59.7 Å². The van der Waals surface area contributed by atoms with Gasteiger partial charge >= 0.3 is 11.9 Å². The molecule has 2 rings (SSSR count). The van der Waals surface area contributed by atoms with E-state index in [1.807, 2.05) is 0 Å². The summed E-state index contributed by atoms with van der Waals surface area (Å²) in [6.07, 6.45) is 0.594. The fraction of sp³-hybridized carbons (Fsp3) is 0.381. The van der Waals surface area contributed by atoms with E-state index in [1.165, 1.54) is 12.1 Å². The number of carbonyl (C=O) groups excluding carboxylic acids is 3. The SMILES string of the molecule is CC(C)(C)OC(=O)c1cc(-c2cccc(C=O)n2)nc(N)c1C(=O)OC(C)(C)C. The van der Waals surface area contributed by atoms with E-state index in [-0.39, 0.29) is 28.3 Å². The molecular formula is C21H25N3O5. The van der Waals surface area contributed by atoms with Gasteiger partial charge in [0.1, 0.15) is 28.3 Å². The van der Waals surface area contributed by atoms with Crippen molar-refractivity contribution in [2.24, 2.45) is 0 Å². The third kappa shape index (κ3) is 5.84. The molecule has 154 valence electrons. The van der Waals surface area contributed by atoms with Crippen molar-refractivity contribution in [2.75, 3.05) is 5.73 Å². The van der Waals surface area contributed by atoms with Gasteiger partial charge in [0, 0.05) is 0 Å². The predicted octanol–water partition coefficient (Wildman–Crippen LogP) is 3.45. The van der Waals surface area contributed by atoms with Crippen LogP contribution < -0.4 is 5.73 Å². The maximum Gasteiger partial charge on any atom is 0.343 e. The van der Waals surface area contributed by atoms with Crippen LogP contribution in [0.5, 0.6) is 0 Å². The molecule has 29 heavy (non-hydrogen) atoms. The zero-order valence-corrected chi connectivity index (χ0v) is 17.4. The number of ether oxygens (including phenoxy) is 2. The number of hydrogen-bond donors (Lipinski definition) is 1. The maximum absolute atomic E-state index is 12.8. The first-order valence-corrected chi connectivity index (χ1v) is 9.00. The van der Waals surface area contributed by atoms with Crippen LogP contribution >= 0.6 is 0 Å². The number of nitrogen functional groups attached to an aromatic ring is 1. The lowest BCUT2D eigenvalue weighted by Crippen LogP contribution is -2.29. The number of nitrogens with two attached hydrogens (primary N) is 1. The van der Waals surface area contributed by atoms with Crippen LogP contribution in [0, 0.1) is 0 Å².